The van der Waals surface area contributed by atoms with E-state index in [0.717, 1.165) is 5.56 Å². The maximum Gasteiger partial charge on any atom is 0.354 e. The van der Waals surface area contributed by atoms with E-state index in [2.05, 4.69) is 4.98 Å². The molecule has 0 aliphatic heterocycles. The molecule has 1 aromatic rings. The first kappa shape index (κ1) is 11.6. The van der Waals surface area contributed by atoms with Crippen molar-refractivity contribution >= 4 is 5.97 Å². The number of rotatable bonds is 6. The van der Waals surface area contributed by atoms with Crippen molar-refractivity contribution in [3.8, 4) is 0 Å². The lowest BCUT2D eigenvalue weighted by atomic mass is 10.2. The maximum atomic E-state index is 10.6. The number of ether oxygens (including phenoxy) is 1. The lowest BCUT2D eigenvalue weighted by molar-refractivity contribution is 0.0689. The second kappa shape index (κ2) is 6.10. The number of aromatic carboxylic acids is 1. The van der Waals surface area contributed by atoms with Crippen LogP contribution in [0.15, 0.2) is 18.3 Å². The van der Waals surface area contributed by atoms with Crippen molar-refractivity contribution in [3.05, 3.63) is 29.6 Å². The Morgan fingerprint density at radius 1 is 1.53 bits per heavy atom. The van der Waals surface area contributed by atoms with Gasteiger partial charge in [0, 0.05) is 19.4 Å². The highest BCUT2D eigenvalue weighted by Crippen LogP contribution is 2.03. The molecule has 1 heterocycles. The van der Waals surface area contributed by atoms with Crippen LogP contribution in [0.1, 0.15) is 22.5 Å². The third-order valence-electron chi connectivity index (χ3n) is 1.76. The summed E-state index contributed by atoms with van der Waals surface area (Å²) in [5.41, 5.74) is 0.776. The predicted octanol–water partition coefficient (Wildman–Crippen LogP) is 0.679. The molecule has 0 saturated carbocycles. The molecule has 0 saturated heterocycles. The summed E-state index contributed by atoms with van der Waals surface area (Å²) in [6.07, 6.45) is 2.02. The topological polar surface area (TPSA) is 79.7 Å². The van der Waals surface area contributed by atoms with Crippen LogP contribution >= 0.6 is 0 Å². The molecule has 0 unspecified atom stereocenters. The Morgan fingerprint density at radius 2 is 2.33 bits per heavy atom. The highest BCUT2D eigenvalue weighted by molar-refractivity contribution is 5.85. The van der Waals surface area contributed by atoms with Crippen LogP contribution in [0.25, 0.3) is 0 Å². The van der Waals surface area contributed by atoms with Gasteiger partial charge in [-0.15, -0.1) is 0 Å². The fraction of sp³-hybridized carbons (Fsp3) is 0.400. The van der Waals surface area contributed by atoms with Crippen molar-refractivity contribution in [1.29, 1.82) is 0 Å². The summed E-state index contributed by atoms with van der Waals surface area (Å²) in [6.45, 7) is 0.890. The zero-order valence-electron chi connectivity index (χ0n) is 8.22. The Hall–Kier alpha value is -1.46. The second-order valence-electron chi connectivity index (χ2n) is 2.98. The first-order valence-electron chi connectivity index (χ1n) is 4.61. The number of aliphatic hydroxyl groups excluding tert-OH is 1. The molecule has 5 heteroatoms. The predicted molar refractivity (Wildman–Crippen MR) is 52.6 cm³/mol. The maximum absolute atomic E-state index is 10.6. The first-order chi connectivity index (χ1) is 7.24. The van der Waals surface area contributed by atoms with Gasteiger partial charge in [0.05, 0.1) is 6.61 Å². The molecule has 0 radical (unpaired) electrons. The van der Waals surface area contributed by atoms with E-state index < -0.39 is 5.97 Å². The molecule has 0 aliphatic carbocycles. The standard InChI is InChI=1S/C10H13NO4/c12-4-1-5-15-7-8-2-3-11-9(6-8)10(13)14/h2-3,6,12H,1,4-5,7H2,(H,13,14). The lowest BCUT2D eigenvalue weighted by Gasteiger charge is -2.03. The highest BCUT2D eigenvalue weighted by Gasteiger charge is 2.04. The van der Waals surface area contributed by atoms with Crippen molar-refractivity contribution in [2.45, 2.75) is 13.0 Å². The van der Waals surface area contributed by atoms with Gasteiger partial charge in [-0.05, 0) is 24.1 Å². The summed E-state index contributed by atoms with van der Waals surface area (Å²) < 4.78 is 5.21. The van der Waals surface area contributed by atoms with E-state index in [9.17, 15) is 4.79 Å². The number of aromatic nitrogens is 1. The molecule has 0 fully saturated rings. The Bertz CT molecular complexity index is 327. The van der Waals surface area contributed by atoms with Gasteiger partial charge in [0.1, 0.15) is 5.69 Å². The molecule has 0 atom stereocenters. The molecule has 1 rings (SSSR count). The van der Waals surface area contributed by atoms with Gasteiger partial charge in [-0.3, -0.25) is 0 Å². The minimum absolute atomic E-state index is 0.0123. The van der Waals surface area contributed by atoms with Gasteiger partial charge in [-0.25, -0.2) is 9.78 Å². The average Bonchev–Trinajstić information content (AvgIpc) is 2.25. The summed E-state index contributed by atoms with van der Waals surface area (Å²) >= 11 is 0. The van der Waals surface area contributed by atoms with Crippen molar-refractivity contribution in [2.75, 3.05) is 13.2 Å². The van der Waals surface area contributed by atoms with Gasteiger partial charge in [0.2, 0.25) is 0 Å². The monoisotopic (exact) mass is 211 g/mol. The Labute approximate surface area is 87.3 Å². The Balaban J connectivity index is 2.47. The van der Waals surface area contributed by atoms with Gasteiger partial charge in [-0.2, -0.15) is 0 Å². The van der Waals surface area contributed by atoms with Crippen molar-refractivity contribution in [1.82, 2.24) is 4.98 Å². The largest absolute Gasteiger partial charge is 0.477 e. The van der Waals surface area contributed by atoms with Crippen LogP contribution in [0.5, 0.6) is 0 Å². The molecule has 0 aromatic carbocycles. The zero-order chi connectivity index (χ0) is 11.1. The third kappa shape index (κ3) is 4.05. The van der Waals surface area contributed by atoms with E-state index in [1.165, 1.54) is 12.3 Å². The van der Waals surface area contributed by atoms with E-state index in [1.54, 1.807) is 6.07 Å². The van der Waals surface area contributed by atoms with Gasteiger partial charge in [0.15, 0.2) is 0 Å². The molecule has 2 N–H and O–H groups in total. The van der Waals surface area contributed by atoms with Crippen LogP contribution in [-0.4, -0.2) is 34.4 Å². The van der Waals surface area contributed by atoms with Crippen molar-refractivity contribution in [2.24, 2.45) is 0 Å². The lowest BCUT2D eigenvalue weighted by Crippen LogP contribution is -2.02. The van der Waals surface area contributed by atoms with Crippen molar-refractivity contribution in [3.63, 3.8) is 0 Å². The number of carbonyl (C=O) groups is 1. The van der Waals surface area contributed by atoms with E-state index in [4.69, 9.17) is 14.9 Å². The smallest absolute Gasteiger partial charge is 0.354 e. The minimum atomic E-state index is -1.05. The van der Waals surface area contributed by atoms with E-state index in [0.29, 0.717) is 19.6 Å². The molecule has 5 nitrogen and oxygen atoms in total. The Morgan fingerprint density at radius 3 is 3.00 bits per heavy atom. The van der Waals surface area contributed by atoms with Crippen LogP contribution in [-0.2, 0) is 11.3 Å². The van der Waals surface area contributed by atoms with Crippen LogP contribution in [0.4, 0.5) is 0 Å². The second-order valence-corrected chi connectivity index (χ2v) is 2.98. The molecule has 82 valence electrons. The quantitative estimate of drug-likeness (QED) is 0.676. The summed E-state index contributed by atoms with van der Waals surface area (Å²) in [5, 5.41) is 17.2. The number of nitrogens with zero attached hydrogens (tertiary/aromatic N) is 1. The third-order valence-corrected chi connectivity index (χ3v) is 1.76. The average molecular weight is 211 g/mol. The highest BCUT2D eigenvalue weighted by atomic mass is 16.5. The SMILES string of the molecule is O=C(O)c1cc(COCCCO)ccn1. The summed E-state index contributed by atoms with van der Waals surface area (Å²) in [7, 11) is 0. The van der Waals surface area contributed by atoms with Gasteiger partial charge in [0.25, 0.3) is 0 Å². The Kier molecular flexibility index (Phi) is 4.73. The summed E-state index contributed by atoms with van der Waals surface area (Å²) in [6, 6.07) is 3.17. The number of pyridine rings is 1. The molecule has 0 spiro atoms. The molecular formula is C10H13NO4. The van der Waals surface area contributed by atoms with Crippen molar-refractivity contribution < 1.29 is 19.7 Å². The molecule has 0 amide bonds. The number of carboxylic acid groups (broad SMARTS) is 1. The molecular weight excluding hydrogens is 198 g/mol. The van der Waals surface area contributed by atoms with E-state index in [1.807, 2.05) is 0 Å². The van der Waals surface area contributed by atoms with E-state index >= 15 is 0 Å². The summed E-state index contributed by atoms with van der Waals surface area (Å²) in [5.74, 6) is -1.05. The number of hydrogen-bond donors (Lipinski definition) is 2. The molecule has 15 heavy (non-hydrogen) atoms. The van der Waals surface area contributed by atoms with Gasteiger partial charge < -0.3 is 14.9 Å². The van der Waals surface area contributed by atoms with Gasteiger partial charge in [-0.1, -0.05) is 0 Å². The normalized spacial score (nSPS) is 10.2. The molecule has 0 bridgehead atoms. The molecule has 0 aliphatic rings. The summed E-state index contributed by atoms with van der Waals surface area (Å²) in [4.78, 5) is 14.3. The zero-order valence-corrected chi connectivity index (χ0v) is 8.22. The van der Waals surface area contributed by atoms with Crippen LogP contribution < -0.4 is 0 Å². The van der Waals surface area contributed by atoms with Crippen LogP contribution in [0.3, 0.4) is 0 Å². The number of aliphatic hydroxyl groups is 1. The number of carboxylic acids is 1. The fourth-order valence-electron chi connectivity index (χ4n) is 1.04. The molecule has 1 aromatic heterocycles. The first-order valence-corrected chi connectivity index (χ1v) is 4.61. The van der Waals surface area contributed by atoms with Crippen LogP contribution in [0, 0.1) is 0 Å². The fourth-order valence-corrected chi connectivity index (χ4v) is 1.04. The van der Waals surface area contributed by atoms with E-state index in [-0.39, 0.29) is 12.3 Å². The van der Waals surface area contributed by atoms with Crippen LogP contribution in [0.2, 0.25) is 0 Å². The minimum Gasteiger partial charge on any atom is -0.477 e. The number of hydrogen-bond acceptors (Lipinski definition) is 4. The van der Waals surface area contributed by atoms with Gasteiger partial charge >= 0.3 is 5.97 Å².